The Bertz CT molecular complexity index is 1380. The first kappa shape index (κ1) is 21.1. The van der Waals surface area contributed by atoms with Gasteiger partial charge in [-0.2, -0.15) is 0 Å². The molecule has 6 rings (SSSR count). The molecule has 0 unspecified atom stereocenters. The molecule has 1 aliphatic heterocycles. The van der Waals surface area contributed by atoms with Crippen molar-refractivity contribution < 1.29 is 14.4 Å². The molecule has 0 spiro atoms. The highest BCUT2D eigenvalue weighted by molar-refractivity contribution is 7.19. The van der Waals surface area contributed by atoms with Crippen molar-refractivity contribution in [1.82, 2.24) is 10.1 Å². The van der Waals surface area contributed by atoms with Crippen LogP contribution in [0.5, 0.6) is 5.75 Å². The van der Waals surface area contributed by atoms with Gasteiger partial charge in [0.25, 0.3) is 0 Å². The molecule has 0 saturated carbocycles. The summed E-state index contributed by atoms with van der Waals surface area (Å²) in [5, 5.41) is 15.4. The van der Waals surface area contributed by atoms with Crippen molar-refractivity contribution in [3.63, 3.8) is 0 Å². The summed E-state index contributed by atoms with van der Waals surface area (Å²) in [5.41, 5.74) is 5.57. The average Bonchev–Trinajstić information content (AvgIpc) is 3.52. The van der Waals surface area contributed by atoms with Crippen LogP contribution in [0.25, 0.3) is 21.3 Å². The molecule has 0 bridgehead atoms. The number of aliphatic hydroxyl groups is 1. The molecule has 0 fully saturated rings. The molecule has 0 saturated heterocycles. The summed E-state index contributed by atoms with van der Waals surface area (Å²) in [7, 11) is 0. The predicted octanol–water partition coefficient (Wildman–Crippen LogP) is 6.78. The Morgan fingerprint density at radius 1 is 1.21 bits per heavy atom. The fraction of sp³-hybridized carbons (Fsp3) is 0.385. The van der Waals surface area contributed by atoms with Gasteiger partial charge < -0.3 is 14.4 Å². The van der Waals surface area contributed by atoms with Gasteiger partial charge in [-0.1, -0.05) is 23.7 Å². The second-order valence-electron chi connectivity index (χ2n) is 9.24. The summed E-state index contributed by atoms with van der Waals surface area (Å²) < 4.78 is 13.6. The maximum absolute atomic E-state index is 10.4. The Kier molecular flexibility index (Phi) is 5.02. The third-order valence-electron chi connectivity index (χ3n) is 6.86. The van der Waals surface area contributed by atoms with Gasteiger partial charge in [-0.25, -0.2) is 0 Å². The molecule has 4 heterocycles. The molecule has 2 aliphatic rings. The van der Waals surface area contributed by atoms with E-state index >= 15 is 0 Å². The number of hydrogen-bond acceptors (Lipinski definition) is 6. The van der Waals surface area contributed by atoms with E-state index in [4.69, 9.17) is 20.9 Å². The topological polar surface area (TPSA) is 68.4 Å². The van der Waals surface area contributed by atoms with E-state index in [9.17, 15) is 5.11 Å². The van der Waals surface area contributed by atoms with Crippen LogP contribution < -0.4 is 4.74 Å². The lowest BCUT2D eigenvalue weighted by molar-refractivity contribution is 0.0793. The lowest BCUT2D eigenvalue weighted by atomic mass is 9.88. The van der Waals surface area contributed by atoms with Crippen molar-refractivity contribution in [2.45, 2.75) is 64.1 Å². The lowest BCUT2D eigenvalue weighted by Gasteiger charge is -2.23. The van der Waals surface area contributed by atoms with Crippen molar-refractivity contribution >= 4 is 33.2 Å². The Labute approximate surface area is 201 Å². The van der Waals surface area contributed by atoms with Crippen molar-refractivity contribution in [2.24, 2.45) is 0 Å². The number of aryl methyl sites for hydroxylation is 1. The van der Waals surface area contributed by atoms with E-state index in [0.717, 1.165) is 74.7 Å². The molecular weight excluding hydrogens is 456 g/mol. The number of benzene rings is 1. The molecular formula is C26H25ClN2O3S. The molecule has 1 aromatic carbocycles. The Morgan fingerprint density at radius 3 is 2.91 bits per heavy atom. The van der Waals surface area contributed by atoms with Gasteiger partial charge in [-0.3, -0.25) is 4.98 Å². The zero-order valence-corrected chi connectivity index (χ0v) is 20.2. The van der Waals surface area contributed by atoms with Gasteiger partial charge in [-0.05, 0) is 63.3 Å². The van der Waals surface area contributed by atoms with Crippen LogP contribution in [0.15, 0.2) is 35.0 Å². The molecule has 0 amide bonds. The van der Waals surface area contributed by atoms with Crippen molar-refractivity contribution in [3.05, 3.63) is 62.9 Å². The van der Waals surface area contributed by atoms with Crippen molar-refractivity contribution in [1.29, 1.82) is 0 Å². The SMILES string of the molecule is CC[C@H](O)c1cc2nccc(-c3cc(Cl)cc4c3O[C@@](C)(c3onc5c3CCCC5)C4)c2s1. The standard InChI is InChI=1S/C26H25ClN2O3S/c1-3-21(30)22-12-20-24(33-22)16(8-9-28-20)18-11-15(27)10-14-13-26(2,31-23(14)18)25-17-6-4-5-7-19(17)29-32-25/h8-12,21,30H,3-7,13H2,1-2H3/t21-,26+/m0/s1. The molecule has 33 heavy (non-hydrogen) atoms. The zero-order chi connectivity index (χ0) is 22.7. The number of aromatic nitrogens is 2. The van der Waals surface area contributed by atoms with Gasteiger partial charge in [0.1, 0.15) is 5.75 Å². The lowest BCUT2D eigenvalue weighted by Crippen LogP contribution is -2.28. The number of thiophene rings is 1. The summed E-state index contributed by atoms with van der Waals surface area (Å²) in [4.78, 5) is 5.46. The molecule has 4 aromatic rings. The number of nitrogens with zero attached hydrogens (tertiary/aromatic N) is 2. The monoisotopic (exact) mass is 480 g/mol. The largest absolute Gasteiger partial charge is 0.478 e. The number of aliphatic hydroxyl groups excluding tert-OH is 1. The van der Waals surface area contributed by atoms with Gasteiger partial charge in [0.15, 0.2) is 11.4 Å². The van der Waals surface area contributed by atoms with E-state index in [1.165, 1.54) is 5.56 Å². The fourth-order valence-electron chi connectivity index (χ4n) is 5.19. The van der Waals surface area contributed by atoms with Crippen molar-refractivity contribution in [3.8, 4) is 16.9 Å². The average molecular weight is 481 g/mol. The van der Waals surface area contributed by atoms with Crippen LogP contribution in [0.1, 0.15) is 66.7 Å². The smallest absolute Gasteiger partial charge is 0.183 e. The van der Waals surface area contributed by atoms with Gasteiger partial charge in [0.05, 0.1) is 22.0 Å². The first-order valence-electron chi connectivity index (χ1n) is 11.5. The summed E-state index contributed by atoms with van der Waals surface area (Å²) in [6.07, 6.45) is 6.93. The van der Waals surface area contributed by atoms with Crippen LogP contribution in [-0.2, 0) is 24.9 Å². The molecule has 2 atom stereocenters. The van der Waals surface area contributed by atoms with Crippen LogP contribution >= 0.6 is 22.9 Å². The number of halogens is 1. The van der Waals surface area contributed by atoms with Crippen LogP contribution in [-0.4, -0.2) is 15.2 Å². The van der Waals surface area contributed by atoms with Gasteiger partial charge in [-0.15, -0.1) is 11.3 Å². The quantitative estimate of drug-likeness (QED) is 0.348. The molecule has 3 aromatic heterocycles. The molecule has 0 radical (unpaired) electrons. The van der Waals surface area contributed by atoms with E-state index in [-0.39, 0.29) is 0 Å². The van der Waals surface area contributed by atoms with Crippen LogP contribution in [0.3, 0.4) is 0 Å². The normalized spacial score (nSPS) is 20.5. The maximum Gasteiger partial charge on any atom is 0.183 e. The Hall–Kier alpha value is -2.41. The highest BCUT2D eigenvalue weighted by Gasteiger charge is 2.44. The third-order valence-corrected chi connectivity index (χ3v) is 8.34. The number of fused-ring (bicyclic) bond motifs is 3. The van der Waals surface area contributed by atoms with Crippen LogP contribution in [0, 0.1) is 0 Å². The minimum atomic E-state index is -0.620. The number of rotatable bonds is 4. The first-order valence-corrected chi connectivity index (χ1v) is 12.7. The van der Waals surface area contributed by atoms with E-state index in [2.05, 4.69) is 17.1 Å². The Morgan fingerprint density at radius 2 is 2.06 bits per heavy atom. The highest BCUT2D eigenvalue weighted by atomic mass is 35.5. The predicted molar refractivity (Wildman–Crippen MR) is 130 cm³/mol. The van der Waals surface area contributed by atoms with Crippen molar-refractivity contribution in [2.75, 3.05) is 0 Å². The van der Waals surface area contributed by atoms with E-state index in [1.54, 1.807) is 17.5 Å². The van der Waals surface area contributed by atoms with Crippen LogP contribution in [0.2, 0.25) is 5.02 Å². The fourth-order valence-corrected chi connectivity index (χ4v) is 6.65. The second-order valence-corrected chi connectivity index (χ2v) is 10.8. The number of pyridine rings is 1. The van der Waals surface area contributed by atoms with E-state index in [0.29, 0.717) is 17.9 Å². The summed E-state index contributed by atoms with van der Waals surface area (Å²) in [5.74, 6) is 1.68. The molecule has 1 N–H and O–H groups in total. The summed E-state index contributed by atoms with van der Waals surface area (Å²) in [6, 6.07) is 7.94. The maximum atomic E-state index is 10.4. The first-order chi connectivity index (χ1) is 16.0. The van der Waals surface area contributed by atoms with Gasteiger partial charge >= 0.3 is 0 Å². The summed E-state index contributed by atoms with van der Waals surface area (Å²) >= 11 is 8.18. The van der Waals surface area contributed by atoms with Gasteiger partial charge in [0, 0.05) is 44.8 Å². The van der Waals surface area contributed by atoms with Gasteiger partial charge in [0.2, 0.25) is 0 Å². The third kappa shape index (κ3) is 3.38. The second kappa shape index (κ2) is 7.83. The van der Waals surface area contributed by atoms with Crippen LogP contribution in [0.4, 0.5) is 0 Å². The number of hydrogen-bond donors (Lipinski definition) is 1. The molecule has 5 nitrogen and oxygen atoms in total. The zero-order valence-electron chi connectivity index (χ0n) is 18.7. The molecule has 7 heteroatoms. The van der Waals surface area contributed by atoms with E-state index < -0.39 is 11.7 Å². The highest BCUT2D eigenvalue weighted by Crippen LogP contribution is 2.50. The molecule has 1 aliphatic carbocycles. The number of ether oxygens (including phenoxy) is 1. The minimum Gasteiger partial charge on any atom is -0.478 e. The summed E-state index contributed by atoms with van der Waals surface area (Å²) in [6.45, 7) is 4.06. The Balaban J connectivity index is 1.47. The van der Waals surface area contributed by atoms with E-state index in [1.807, 2.05) is 31.2 Å². The minimum absolute atomic E-state index is 0.487. The molecule has 170 valence electrons.